The third-order valence-electron chi connectivity index (χ3n) is 4.20. The van der Waals surface area contributed by atoms with Crippen LogP contribution in [-0.4, -0.2) is 19.3 Å². The fourth-order valence-corrected chi connectivity index (χ4v) is 4.31. The first-order valence-electron chi connectivity index (χ1n) is 6.50. The Kier molecular flexibility index (Phi) is 3.47. The van der Waals surface area contributed by atoms with E-state index >= 15 is 0 Å². The van der Waals surface area contributed by atoms with Crippen molar-refractivity contribution in [1.29, 1.82) is 0 Å². The Hall–Kier alpha value is -0.420. The summed E-state index contributed by atoms with van der Waals surface area (Å²) in [4.78, 5) is 1.57. The van der Waals surface area contributed by atoms with E-state index < -0.39 is 0 Å². The van der Waals surface area contributed by atoms with Gasteiger partial charge in [-0.05, 0) is 42.7 Å². The van der Waals surface area contributed by atoms with Crippen molar-refractivity contribution in [3.05, 3.63) is 21.9 Å². The van der Waals surface area contributed by atoms with E-state index in [1.54, 1.807) is 4.88 Å². The number of thiophene rings is 1. The zero-order valence-electron chi connectivity index (χ0n) is 10.0. The maximum Gasteiger partial charge on any atom is 0.0510 e. The Morgan fingerprint density at radius 1 is 1.47 bits per heavy atom. The normalized spacial score (nSPS) is 30.2. The molecule has 4 heteroatoms. The van der Waals surface area contributed by atoms with Crippen molar-refractivity contribution in [2.24, 2.45) is 11.8 Å². The highest BCUT2D eigenvalue weighted by atomic mass is 32.1. The first kappa shape index (κ1) is 11.7. The fourth-order valence-electron chi connectivity index (χ4n) is 3.31. The van der Waals surface area contributed by atoms with Gasteiger partial charge in [0.15, 0.2) is 0 Å². The molecule has 2 aliphatic rings. The lowest BCUT2D eigenvalue weighted by atomic mass is 9.77. The smallest absolute Gasteiger partial charge is 0.0510 e. The number of fused-ring (bicyclic) bond motifs is 1. The Labute approximate surface area is 106 Å². The second-order valence-electron chi connectivity index (χ2n) is 5.11. The summed E-state index contributed by atoms with van der Waals surface area (Å²) in [5.41, 5.74) is 4.61. The monoisotopic (exact) mass is 252 g/mol. The van der Waals surface area contributed by atoms with Crippen LogP contribution < -0.4 is 11.3 Å². The first-order chi connectivity index (χ1) is 8.40. The third-order valence-corrected chi connectivity index (χ3v) is 5.19. The van der Waals surface area contributed by atoms with Crippen LogP contribution in [0, 0.1) is 5.92 Å². The predicted octanol–water partition coefficient (Wildman–Crippen LogP) is 2.04. The van der Waals surface area contributed by atoms with Gasteiger partial charge in [-0.25, -0.2) is 0 Å². The van der Waals surface area contributed by atoms with Gasteiger partial charge < -0.3 is 4.74 Å². The molecule has 3 atom stereocenters. The highest BCUT2D eigenvalue weighted by Gasteiger charge is 2.34. The highest BCUT2D eigenvalue weighted by Crippen LogP contribution is 2.39. The van der Waals surface area contributed by atoms with Gasteiger partial charge in [0.05, 0.1) is 6.61 Å². The second-order valence-corrected chi connectivity index (χ2v) is 6.11. The van der Waals surface area contributed by atoms with E-state index in [-0.39, 0.29) is 0 Å². The molecule has 17 heavy (non-hydrogen) atoms. The molecule has 2 heterocycles. The van der Waals surface area contributed by atoms with Crippen molar-refractivity contribution in [3.8, 4) is 0 Å². The van der Waals surface area contributed by atoms with Crippen LogP contribution in [0.2, 0.25) is 0 Å². The Morgan fingerprint density at radius 3 is 3.18 bits per heavy atom. The van der Waals surface area contributed by atoms with Gasteiger partial charge in [-0.15, -0.1) is 11.3 Å². The maximum atomic E-state index is 5.81. The van der Waals surface area contributed by atoms with Crippen LogP contribution in [0.5, 0.6) is 0 Å². The van der Waals surface area contributed by atoms with E-state index in [9.17, 15) is 0 Å². The largest absolute Gasteiger partial charge is 0.381 e. The summed E-state index contributed by atoms with van der Waals surface area (Å²) in [7, 11) is 0. The molecule has 3 unspecified atom stereocenters. The lowest BCUT2D eigenvalue weighted by Crippen LogP contribution is -2.46. The van der Waals surface area contributed by atoms with Crippen molar-refractivity contribution >= 4 is 11.3 Å². The van der Waals surface area contributed by atoms with Crippen LogP contribution in [0.4, 0.5) is 0 Å². The topological polar surface area (TPSA) is 47.3 Å². The van der Waals surface area contributed by atoms with Gasteiger partial charge in [-0.1, -0.05) is 0 Å². The molecule has 0 bridgehead atoms. The van der Waals surface area contributed by atoms with Crippen molar-refractivity contribution in [2.45, 2.75) is 37.6 Å². The maximum absolute atomic E-state index is 5.81. The van der Waals surface area contributed by atoms with Crippen LogP contribution in [0.15, 0.2) is 11.4 Å². The molecule has 0 saturated carbocycles. The van der Waals surface area contributed by atoms with Crippen molar-refractivity contribution in [3.63, 3.8) is 0 Å². The van der Waals surface area contributed by atoms with Crippen molar-refractivity contribution in [2.75, 3.05) is 13.2 Å². The molecule has 0 aromatic carbocycles. The quantitative estimate of drug-likeness (QED) is 0.639. The van der Waals surface area contributed by atoms with Crippen LogP contribution >= 0.6 is 11.3 Å². The molecule has 3 N–H and O–H groups in total. The molecule has 1 saturated heterocycles. The zero-order chi connectivity index (χ0) is 11.7. The zero-order valence-corrected chi connectivity index (χ0v) is 10.8. The van der Waals surface area contributed by atoms with Gasteiger partial charge in [0.25, 0.3) is 0 Å². The van der Waals surface area contributed by atoms with Crippen molar-refractivity contribution < 1.29 is 4.74 Å². The van der Waals surface area contributed by atoms with Crippen LogP contribution in [0.3, 0.4) is 0 Å². The second kappa shape index (κ2) is 5.06. The molecule has 1 aliphatic carbocycles. The lowest BCUT2D eigenvalue weighted by Gasteiger charge is -2.33. The molecule has 0 spiro atoms. The lowest BCUT2D eigenvalue weighted by molar-refractivity contribution is 0.170. The number of hydrogen-bond donors (Lipinski definition) is 2. The Bertz CT molecular complexity index is 373. The van der Waals surface area contributed by atoms with Gasteiger partial charge in [-0.3, -0.25) is 11.3 Å². The van der Waals surface area contributed by atoms with Crippen molar-refractivity contribution in [1.82, 2.24) is 5.43 Å². The number of ether oxygens (including phenoxy) is 1. The minimum Gasteiger partial charge on any atom is -0.381 e. The molecule has 94 valence electrons. The molecule has 1 fully saturated rings. The van der Waals surface area contributed by atoms with Gasteiger partial charge in [-0.2, -0.15) is 0 Å². The summed E-state index contributed by atoms with van der Waals surface area (Å²) in [6, 6.07) is 2.68. The van der Waals surface area contributed by atoms with E-state index in [0.29, 0.717) is 17.9 Å². The third kappa shape index (κ3) is 2.15. The SMILES string of the molecule is NNC(C1CCOC1)C1CCCc2sccc21. The average molecular weight is 252 g/mol. The predicted molar refractivity (Wildman–Crippen MR) is 70.0 cm³/mol. The van der Waals surface area contributed by atoms with Gasteiger partial charge in [0.2, 0.25) is 0 Å². The van der Waals surface area contributed by atoms with Crippen LogP contribution in [-0.2, 0) is 11.2 Å². The standard InChI is InChI=1S/C13H20N2OS/c14-15-13(9-4-6-16-8-9)11-2-1-3-12-10(11)5-7-17-12/h5,7,9,11,13,15H,1-4,6,8,14H2. The van der Waals surface area contributed by atoms with Crippen LogP contribution in [0.25, 0.3) is 0 Å². The van der Waals surface area contributed by atoms with Gasteiger partial charge >= 0.3 is 0 Å². The summed E-state index contributed by atoms with van der Waals surface area (Å²) < 4.78 is 5.51. The van der Waals surface area contributed by atoms with E-state index in [2.05, 4.69) is 16.9 Å². The molecular weight excluding hydrogens is 232 g/mol. The molecule has 1 aromatic rings. The number of rotatable bonds is 3. The highest BCUT2D eigenvalue weighted by molar-refractivity contribution is 7.10. The molecule has 3 nitrogen and oxygen atoms in total. The number of hydrogen-bond acceptors (Lipinski definition) is 4. The van der Waals surface area contributed by atoms with Gasteiger partial charge in [0, 0.05) is 29.4 Å². The Morgan fingerprint density at radius 2 is 2.41 bits per heavy atom. The summed E-state index contributed by atoms with van der Waals surface area (Å²) >= 11 is 1.90. The van der Waals surface area contributed by atoms with E-state index in [1.165, 1.54) is 24.8 Å². The minimum absolute atomic E-state index is 0.381. The minimum atomic E-state index is 0.381. The first-order valence-corrected chi connectivity index (χ1v) is 7.38. The van der Waals surface area contributed by atoms with E-state index in [0.717, 1.165) is 19.6 Å². The summed E-state index contributed by atoms with van der Waals surface area (Å²) in [5, 5.41) is 2.22. The number of aryl methyl sites for hydroxylation is 1. The molecular formula is C13H20N2OS. The number of hydrazine groups is 1. The van der Waals surface area contributed by atoms with Crippen LogP contribution in [0.1, 0.15) is 35.6 Å². The van der Waals surface area contributed by atoms with E-state index in [4.69, 9.17) is 10.6 Å². The summed E-state index contributed by atoms with van der Waals surface area (Å²) in [6.45, 7) is 1.76. The summed E-state index contributed by atoms with van der Waals surface area (Å²) in [5.74, 6) is 6.97. The molecule has 0 radical (unpaired) electrons. The van der Waals surface area contributed by atoms with Gasteiger partial charge in [0.1, 0.15) is 0 Å². The number of nitrogens with two attached hydrogens (primary N) is 1. The fraction of sp³-hybridized carbons (Fsp3) is 0.692. The van der Waals surface area contributed by atoms with E-state index in [1.807, 2.05) is 11.3 Å². The summed E-state index contributed by atoms with van der Waals surface area (Å²) in [6.07, 6.45) is 4.95. The number of nitrogens with one attached hydrogen (secondary N) is 1. The molecule has 3 rings (SSSR count). The molecule has 1 aromatic heterocycles. The molecule has 1 aliphatic heterocycles. The Balaban J connectivity index is 1.83. The average Bonchev–Trinajstić information content (AvgIpc) is 3.00. The molecule has 0 amide bonds.